The second-order valence-corrected chi connectivity index (χ2v) is 5.28. The molecule has 1 fully saturated rings. The van der Waals surface area contributed by atoms with E-state index in [1.165, 1.54) is 0 Å². The van der Waals surface area contributed by atoms with E-state index in [2.05, 4.69) is 20.8 Å². The normalized spacial score (nSPS) is 39.9. The first kappa shape index (κ1) is 11.9. The molecule has 0 saturated carbocycles. The smallest absolute Gasteiger partial charge is 0.108 e. The van der Waals surface area contributed by atoms with Crippen LogP contribution in [0.5, 0.6) is 0 Å². The summed E-state index contributed by atoms with van der Waals surface area (Å²) in [5.41, 5.74) is 5.64. The van der Waals surface area contributed by atoms with Gasteiger partial charge in [0.25, 0.3) is 0 Å². The van der Waals surface area contributed by atoms with E-state index in [-0.39, 0.29) is 11.5 Å². The lowest BCUT2D eigenvalue weighted by molar-refractivity contribution is -0.153. The molecule has 0 bridgehead atoms. The number of hydrogen-bond acceptors (Lipinski definition) is 4. The van der Waals surface area contributed by atoms with Crippen LogP contribution in [-0.4, -0.2) is 41.2 Å². The van der Waals surface area contributed by atoms with Crippen LogP contribution in [0.15, 0.2) is 0 Å². The summed E-state index contributed by atoms with van der Waals surface area (Å²) in [6.07, 6.45) is -1.31. The number of nitrogens with two attached hydrogens (primary N) is 1. The van der Waals surface area contributed by atoms with Crippen LogP contribution in [0.1, 0.15) is 27.2 Å². The number of ether oxygens (including phenoxy) is 1. The van der Waals surface area contributed by atoms with Crippen LogP contribution >= 0.6 is 0 Å². The monoisotopic (exact) mass is 203 g/mol. The van der Waals surface area contributed by atoms with Crippen LogP contribution in [-0.2, 0) is 4.74 Å². The molecule has 84 valence electrons. The Hall–Kier alpha value is -0.160. The highest BCUT2D eigenvalue weighted by atomic mass is 16.5. The van der Waals surface area contributed by atoms with Crippen molar-refractivity contribution in [2.75, 3.05) is 6.61 Å². The molecule has 0 spiro atoms. The predicted molar refractivity (Wildman–Crippen MR) is 53.8 cm³/mol. The van der Waals surface area contributed by atoms with Crippen molar-refractivity contribution in [3.8, 4) is 0 Å². The maximum atomic E-state index is 9.72. The standard InChI is InChI=1S/C10H21NO3/c1-10(2,3)4-7-9(13)8(12)6(11)5-14-7/h6-9,12-13H,4-5,11H2,1-3H3. The van der Waals surface area contributed by atoms with Gasteiger partial charge in [-0.25, -0.2) is 0 Å². The van der Waals surface area contributed by atoms with E-state index in [1.54, 1.807) is 0 Å². The molecule has 4 N–H and O–H groups in total. The second kappa shape index (κ2) is 4.14. The molecule has 0 amide bonds. The maximum absolute atomic E-state index is 9.72. The highest BCUT2D eigenvalue weighted by Gasteiger charge is 2.38. The van der Waals surface area contributed by atoms with Crippen LogP contribution in [0.25, 0.3) is 0 Å². The third-order valence-corrected chi connectivity index (χ3v) is 2.49. The van der Waals surface area contributed by atoms with Gasteiger partial charge in [0, 0.05) is 0 Å². The fourth-order valence-electron chi connectivity index (χ4n) is 1.69. The highest BCUT2D eigenvalue weighted by molar-refractivity contribution is 4.90. The second-order valence-electron chi connectivity index (χ2n) is 5.28. The van der Waals surface area contributed by atoms with E-state index >= 15 is 0 Å². The highest BCUT2D eigenvalue weighted by Crippen LogP contribution is 2.27. The third-order valence-electron chi connectivity index (χ3n) is 2.49. The van der Waals surface area contributed by atoms with Gasteiger partial charge in [-0.05, 0) is 11.8 Å². The van der Waals surface area contributed by atoms with Crippen LogP contribution in [0, 0.1) is 5.41 Å². The van der Waals surface area contributed by atoms with Crippen molar-refractivity contribution in [1.82, 2.24) is 0 Å². The van der Waals surface area contributed by atoms with Gasteiger partial charge >= 0.3 is 0 Å². The van der Waals surface area contributed by atoms with Gasteiger partial charge in [0.15, 0.2) is 0 Å². The Morgan fingerprint density at radius 2 is 1.86 bits per heavy atom. The lowest BCUT2D eigenvalue weighted by Crippen LogP contribution is -2.57. The van der Waals surface area contributed by atoms with E-state index in [4.69, 9.17) is 10.5 Å². The maximum Gasteiger partial charge on any atom is 0.108 e. The summed E-state index contributed by atoms with van der Waals surface area (Å²) in [6, 6.07) is -0.471. The summed E-state index contributed by atoms with van der Waals surface area (Å²) in [7, 11) is 0. The van der Waals surface area contributed by atoms with Gasteiger partial charge in [-0.15, -0.1) is 0 Å². The number of aliphatic hydroxyl groups excluding tert-OH is 2. The van der Waals surface area contributed by atoms with Gasteiger partial charge in [-0.2, -0.15) is 0 Å². The van der Waals surface area contributed by atoms with Crippen molar-refractivity contribution in [3.05, 3.63) is 0 Å². The molecule has 14 heavy (non-hydrogen) atoms. The van der Waals surface area contributed by atoms with Gasteiger partial charge in [-0.3, -0.25) is 0 Å². The van der Waals surface area contributed by atoms with Gasteiger partial charge in [0.05, 0.1) is 24.9 Å². The first-order valence-electron chi connectivity index (χ1n) is 5.04. The number of aliphatic hydroxyl groups is 2. The third kappa shape index (κ3) is 2.92. The Balaban J connectivity index is 2.55. The summed E-state index contributed by atoms with van der Waals surface area (Å²) in [4.78, 5) is 0. The molecule has 4 atom stereocenters. The zero-order valence-electron chi connectivity index (χ0n) is 9.10. The predicted octanol–water partition coefficient (Wildman–Crippen LogP) is -0.130. The molecule has 0 aromatic rings. The van der Waals surface area contributed by atoms with Gasteiger partial charge < -0.3 is 20.7 Å². The largest absolute Gasteiger partial charge is 0.389 e. The molecule has 1 heterocycles. The van der Waals surface area contributed by atoms with E-state index < -0.39 is 18.2 Å². The topological polar surface area (TPSA) is 75.7 Å². The van der Waals surface area contributed by atoms with Crippen molar-refractivity contribution < 1.29 is 14.9 Å². The molecular weight excluding hydrogens is 182 g/mol. The summed E-state index contributed by atoms with van der Waals surface area (Å²) in [5.74, 6) is 0. The Morgan fingerprint density at radius 1 is 1.29 bits per heavy atom. The molecule has 1 aliphatic heterocycles. The summed E-state index contributed by atoms with van der Waals surface area (Å²) >= 11 is 0. The Kier molecular flexibility index (Phi) is 3.53. The van der Waals surface area contributed by atoms with Crippen molar-refractivity contribution >= 4 is 0 Å². The fourth-order valence-corrected chi connectivity index (χ4v) is 1.69. The molecule has 4 heteroatoms. The Labute approximate surface area is 85.1 Å². The first-order chi connectivity index (χ1) is 6.31. The Morgan fingerprint density at radius 3 is 2.36 bits per heavy atom. The summed E-state index contributed by atoms with van der Waals surface area (Å²) in [5, 5.41) is 19.3. The molecule has 0 aromatic heterocycles. The lowest BCUT2D eigenvalue weighted by Gasteiger charge is -2.38. The minimum Gasteiger partial charge on any atom is -0.389 e. The van der Waals surface area contributed by atoms with Crippen molar-refractivity contribution in [3.63, 3.8) is 0 Å². The fraction of sp³-hybridized carbons (Fsp3) is 1.00. The van der Waals surface area contributed by atoms with Crippen LogP contribution in [0.2, 0.25) is 0 Å². The quantitative estimate of drug-likeness (QED) is 0.555. The average Bonchev–Trinajstić information content (AvgIpc) is 2.04. The minimum atomic E-state index is -0.865. The molecule has 4 nitrogen and oxygen atoms in total. The summed E-state index contributed by atoms with van der Waals surface area (Å²) < 4.78 is 5.41. The molecule has 1 rings (SSSR count). The van der Waals surface area contributed by atoms with Crippen LogP contribution < -0.4 is 5.73 Å². The van der Waals surface area contributed by atoms with Crippen molar-refractivity contribution in [1.29, 1.82) is 0 Å². The number of hydrogen-bond donors (Lipinski definition) is 3. The van der Waals surface area contributed by atoms with Crippen molar-refractivity contribution in [2.45, 2.75) is 51.5 Å². The van der Waals surface area contributed by atoms with Crippen LogP contribution in [0.4, 0.5) is 0 Å². The van der Waals surface area contributed by atoms with E-state index in [0.29, 0.717) is 6.61 Å². The van der Waals surface area contributed by atoms with E-state index in [1.807, 2.05) is 0 Å². The molecule has 0 aliphatic carbocycles. The van der Waals surface area contributed by atoms with Gasteiger partial charge in [0.2, 0.25) is 0 Å². The van der Waals surface area contributed by atoms with E-state index in [9.17, 15) is 10.2 Å². The molecular formula is C10H21NO3. The zero-order chi connectivity index (χ0) is 10.9. The van der Waals surface area contributed by atoms with E-state index in [0.717, 1.165) is 6.42 Å². The first-order valence-corrected chi connectivity index (χ1v) is 5.04. The SMILES string of the molecule is CC(C)(C)CC1OCC(N)C(O)C1O. The number of rotatable bonds is 1. The molecule has 4 unspecified atom stereocenters. The molecule has 0 radical (unpaired) electrons. The van der Waals surface area contributed by atoms with Gasteiger partial charge in [0.1, 0.15) is 6.10 Å². The Bertz CT molecular complexity index is 190. The molecule has 0 aromatic carbocycles. The molecule has 1 saturated heterocycles. The van der Waals surface area contributed by atoms with Crippen molar-refractivity contribution in [2.24, 2.45) is 11.1 Å². The molecule has 1 aliphatic rings. The zero-order valence-corrected chi connectivity index (χ0v) is 9.10. The minimum absolute atomic E-state index is 0.0762. The van der Waals surface area contributed by atoms with Gasteiger partial charge in [-0.1, -0.05) is 20.8 Å². The van der Waals surface area contributed by atoms with Crippen LogP contribution in [0.3, 0.4) is 0 Å². The average molecular weight is 203 g/mol. The summed E-state index contributed by atoms with van der Waals surface area (Å²) in [6.45, 7) is 6.54. The lowest BCUT2D eigenvalue weighted by atomic mass is 9.84.